The second-order valence-corrected chi connectivity index (χ2v) is 5.57. The lowest BCUT2D eigenvalue weighted by Crippen LogP contribution is -2.48. The van der Waals surface area contributed by atoms with Crippen LogP contribution in [0.15, 0.2) is 48.5 Å². The summed E-state index contributed by atoms with van der Waals surface area (Å²) in [6.45, 7) is 4.17. The van der Waals surface area contributed by atoms with Crippen molar-refractivity contribution in [3.8, 4) is 5.75 Å². The van der Waals surface area contributed by atoms with Gasteiger partial charge in [0, 0.05) is 5.56 Å². The summed E-state index contributed by atoms with van der Waals surface area (Å²) < 4.78 is 5.41. The molecule has 0 aliphatic carbocycles. The van der Waals surface area contributed by atoms with Crippen LogP contribution in [0, 0.1) is 6.92 Å². The van der Waals surface area contributed by atoms with Crippen molar-refractivity contribution in [1.82, 2.24) is 16.2 Å². The van der Waals surface area contributed by atoms with Crippen molar-refractivity contribution < 1.29 is 14.3 Å². The molecule has 0 saturated carbocycles. The number of aryl methyl sites for hydroxylation is 1. The number of carbonyl (C=O) groups is 2. The minimum Gasteiger partial charge on any atom is -0.493 e. The van der Waals surface area contributed by atoms with Gasteiger partial charge in [-0.3, -0.25) is 25.8 Å². The predicted molar refractivity (Wildman–Crippen MR) is 99.5 cm³/mol. The Hall–Kier alpha value is -2.93. The van der Waals surface area contributed by atoms with Crippen molar-refractivity contribution in [1.29, 1.82) is 0 Å². The summed E-state index contributed by atoms with van der Waals surface area (Å²) in [5.41, 5.74) is 6.78. The first-order valence-corrected chi connectivity index (χ1v) is 8.12. The first-order chi connectivity index (χ1) is 12.0. The average Bonchev–Trinajstić information content (AvgIpc) is 2.60. The molecule has 2 amide bonds. The van der Waals surface area contributed by atoms with Crippen molar-refractivity contribution in [3.63, 3.8) is 0 Å². The molecule has 2 aromatic carbocycles. The number of amides is 2. The van der Waals surface area contributed by atoms with E-state index in [1.807, 2.05) is 19.9 Å². The van der Waals surface area contributed by atoms with Gasteiger partial charge in [-0.25, -0.2) is 0 Å². The molecule has 0 radical (unpaired) electrons. The third-order valence-electron chi connectivity index (χ3n) is 3.23. The van der Waals surface area contributed by atoms with Gasteiger partial charge in [0.2, 0.25) is 0 Å². The van der Waals surface area contributed by atoms with Gasteiger partial charge >= 0.3 is 0 Å². The first kappa shape index (κ1) is 18.4. The number of carbonyl (C=O) groups excluding carboxylic acids is 2. The first-order valence-electron chi connectivity index (χ1n) is 7.71. The molecule has 0 atom stereocenters. The second kappa shape index (κ2) is 8.79. The van der Waals surface area contributed by atoms with Gasteiger partial charge in [0.05, 0.1) is 12.2 Å². The van der Waals surface area contributed by atoms with Gasteiger partial charge in [0.15, 0.2) is 5.11 Å². The van der Waals surface area contributed by atoms with E-state index < -0.39 is 5.91 Å². The van der Waals surface area contributed by atoms with Gasteiger partial charge in [0.25, 0.3) is 11.8 Å². The van der Waals surface area contributed by atoms with Gasteiger partial charge in [0.1, 0.15) is 5.75 Å². The smallest absolute Gasteiger partial charge is 0.269 e. The Morgan fingerprint density at radius 2 is 1.80 bits per heavy atom. The number of hydrazine groups is 1. The zero-order valence-electron chi connectivity index (χ0n) is 14.0. The largest absolute Gasteiger partial charge is 0.493 e. The Morgan fingerprint density at radius 3 is 2.52 bits per heavy atom. The zero-order chi connectivity index (χ0) is 18.2. The third kappa shape index (κ3) is 5.29. The molecule has 130 valence electrons. The van der Waals surface area contributed by atoms with E-state index in [0.29, 0.717) is 23.5 Å². The SMILES string of the molecule is CCOc1ccccc1C(=O)NC(=S)NNC(=O)c1cccc(C)c1. The molecule has 0 aliphatic rings. The molecule has 0 fully saturated rings. The van der Waals surface area contributed by atoms with E-state index in [4.69, 9.17) is 17.0 Å². The highest BCUT2D eigenvalue weighted by molar-refractivity contribution is 7.80. The van der Waals surface area contributed by atoms with E-state index in [9.17, 15) is 9.59 Å². The van der Waals surface area contributed by atoms with E-state index in [0.717, 1.165) is 5.56 Å². The molecule has 0 spiro atoms. The molecule has 0 saturated heterocycles. The lowest BCUT2D eigenvalue weighted by molar-refractivity contribution is 0.0933. The molecule has 3 N–H and O–H groups in total. The van der Waals surface area contributed by atoms with E-state index in [2.05, 4.69) is 16.2 Å². The summed E-state index contributed by atoms with van der Waals surface area (Å²) in [7, 11) is 0. The van der Waals surface area contributed by atoms with Gasteiger partial charge in [-0.05, 0) is 50.3 Å². The van der Waals surface area contributed by atoms with Gasteiger partial charge in [-0.2, -0.15) is 0 Å². The second-order valence-electron chi connectivity index (χ2n) is 5.16. The Bertz CT molecular complexity index is 793. The summed E-state index contributed by atoms with van der Waals surface area (Å²) in [5.74, 6) is -0.310. The van der Waals surface area contributed by atoms with Crippen LogP contribution in [0.1, 0.15) is 33.2 Å². The minimum absolute atomic E-state index is 0.0164. The zero-order valence-corrected chi connectivity index (χ0v) is 14.8. The maximum atomic E-state index is 12.3. The van der Waals surface area contributed by atoms with Crippen LogP contribution >= 0.6 is 12.2 Å². The number of ether oxygens (including phenoxy) is 1. The summed E-state index contributed by atoms with van der Waals surface area (Å²) in [5, 5.41) is 2.48. The van der Waals surface area contributed by atoms with E-state index >= 15 is 0 Å². The monoisotopic (exact) mass is 357 g/mol. The summed E-state index contributed by atoms with van der Waals surface area (Å²) in [4.78, 5) is 24.3. The highest BCUT2D eigenvalue weighted by Gasteiger charge is 2.13. The van der Waals surface area contributed by atoms with E-state index in [1.54, 1.807) is 42.5 Å². The molecular formula is C18H19N3O3S. The molecule has 0 aliphatic heterocycles. The molecule has 2 aromatic rings. The van der Waals surface area contributed by atoms with E-state index in [-0.39, 0.29) is 11.0 Å². The number of rotatable bonds is 4. The van der Waals surface area contributed by atoms with Crippen molar-refractivity contribution in [2.24, 2.45) is 0 Å². The summed E-state index contributed by atoms with van der Waals surface area (Å²) in [6, 6.07) is 14.0. The van der Waals surface area contributed by atoms with Crippen LogP contribution < -0.4 is 20.9 Å². The van der Waals surface area contributed by atoms with Gasteiger partial charge in [-0.1, -0.05) is 29.8 Å². The molecule has 6 nitrogen and oxygen atoms in total. The maximum absolute atomic E-state index is 12.3. The molecule has 0 aromatic heterocycles. The minimum atomic E-state index is -0.425. The van der Waals surface area contributed by atoms with Crippen molar-refractivity contribution in [3.05, 3.63) is 65.2 Å². The number of hydrogen-bond acceptors (Lipinski definition) is 4. The normalized spacial score (nSPS) is 9.84. The topological polar surface area (TPSA) is 79.5 Å². The number of nitrogens with one attached hydrogen (secondary N) is 3. The Balaban J connectivity index is 1.92. The number of hydrogen-bond donors (Lipinski definition) is 3. The van der Waals surface area contributed by atoms with E-state index in [1.165, 1.54) is 0 Å². The average molecular weight is 357 g/mol. The molecule has 25 heavy (non-hydrogen) atoms. The Morgan fingerprint density at radius 1 is 1.04 bits per heavy atom. The van der Waals surface area contributed by atoms with Crippen LogP contribution in [0.3, 0.4) is 0 Å². The molecule has 0 unspecified atom stereocenters. The number of thiocarbonyl (C=S) groups is 1. The summed E-state index contributed by atoms with van der Waals surface area (Å²) in [6.07, 6.45) is 0. The van der Waals surface area contributed by atoms with Crippen LogP contribution in [0.4, 0.5) is 0 Å². The van der Waals surface area contributed by atoms with Crippen molar-refractivity contribution >= 4 is 29.1 Å². The molecule has 0 bridgehead atoms. The highest BCUT2D eigenvalue weighted by Crippen LogP contribution is 2.17. The Kier molecular flexibility index (Phi) is 6.47. The van der Waals surface area contributed by atoms with Crippen LogP contribution in [0.5, 0.6) is 5.75 Å². The van der Waals surface area contributed by atoms with Crippen LogP contribution in [0.2, 0.25) is 0 Å². The molecule has 7 heteroatoms. The lowest BCUT2D eigenvalue weighted by Gasteiger charge is -2.13. The number of para-hydroxylation sites is 1. The predicted octanol–water partition coefficient (Wildman–Crippen LogP) is 2.34. The third-order valence-corrected chi connectivity index (χ3v) is 3.43. The number of benzene rings is 2. The fraction of sp³-hybridized carbons (Fsp3) is 0.167. The van der Waals surface area contributed by atoms with Gasteiger partial charge < -0.3 is 4.74 Å². The van der Waals surface area contributed by atoms with Crippen LogP contribution in [-0.2, 0) is 0 Å². The van der Waals surface area contributed by atoms with Crippen LogP contribution in [-0.4, -0.2) is 23.5 Å². The lowest BCUT2D eigenvalue weighted by atomic mass is 10.1. The van der Waals surface area contributed by atoms with Crippen molar-refractivity contribution in [2.75, 3.05) is 6.61 Å². The highest BCUT2D eigenvalue weighted by atomic mass is 32.1. The molecule has 0 heterocycles. The standard InChI is InChI=1S/C18H19N3O3S/c1-3-24-15-10-5-4-9-14(15)17(23)19-18(25)21-20-16(22)13-8-6-7-12(2)11-13/h4-11H,3H2,1-2H3,(H,20,22)(H2,19,21,23,25). The maximum Gasteiger partial charge on any atom is 0.269 e. The van der Waals surface area contributed by atoms with Crippen LogP contribution in [0.25, 0.3) is 0 Å². The Labute approximate surface area is 151 Å². The molecular weight excluding hydrogens is 338 g/mol. The fourth-order valence-electron chi connectivity index (χ4n) is 2.11. The quantitative estimate of drug-likeness (QED) is 0.578. The molecule has 2 rings (SSSR count). The summed E-state index contributed by atoms with van der Waals surface area (Å²) >= 11 is 5.03. The van der Waals surface area contributed by atoms with Gasteiger partial charge in [-0.15, -0.1) is 0 Å². The fourth-order valence-corrected chi connectivity index (χ4v) is 2.25. The van der Waals surface area contributed by atoms with Crippen molar-refractivity contribution in [2.45, 2.75) is 13.8 Å².